The quantitative estimate of drug-likeness (QED) is 0.840. The molecule has 0 aliphatic carbocycles. The van der Waals surface area contributed by atoms with Crippen LogP contribution in [0.5, 0.6) is 0 Å². The van der Waals surface area contributed by atoms with Crippen molar-refractivity contribution in [2.45, 2.75) is 17.3 Å². The van der Waals surface area contributed by atoms with Gasteiger partial charge in [-0.25, -0.2) is 0 Å². The molecule has 3 nitrogen and oxygen atoms in total. The largest absolute Gasteiger partial charge is 0.481 e. The molecule has 0 bridgehead atoms. The summed E-state index contributed by atoms with van der Waals surface area (Å²) in [5, 5.41) is 17.3. The molecule has 16 heavy (non-hydrogen) atoms. The van der Waals surface area contributed by atoms with Crippen LogP contribution in [-0.2, 0) is 17.8 Å². The molecule has 0 radical (unpaired) electrons. The number of hydrogen-bond acceptors (Lipinski definition) is 2. The maximum Gasteiger partial charge on any atom is 0.307 e. The van der Waals surface area contributed by atoms with Crippen molar-refractivity contribution >= 4 is 40.8 Å². The van der Waals surface area contributed by atoms with E-state index in [2.05, 4.69) is 0 Å². The highest BCUT2D eigenvalue weighted by atomic mass is 35.6. The highest BCUT2D eigenvalue weighted by Crippen LogP contribution is 2.08. The van der Waals surface area contributed by atoms with Gasteiger partial charge in [-0.15, -0.1) is 0 Å². The Morgan fingerprint density at radius 2 is 1.62 bits per heavy atom. The Bertz CT molecular complexity index is 326. The summed E-state index contributed by atoms with van der Waals surface area (Å²) in [6, 6.07) is 6.96. The predicted molar refractivity (Wildman–Crippen MR) is 65.1 cm³/mol. The smallest absolute Gasteiger partial charge is 0.307 e. The monoisotopic (exact) mass is 284 g/mol. The molecule has 6 heteroatoms. The molecule has 90 valence electrons. The Labute approximate surface area is 109 Å². The minimum atomic E-state index is -0.879. The standard InChI is InChI=1S/C9H10O3.CHCl3/c10-6-8-4-2-1-3-7(8)5-9(11)12;2-1(3)4/h1-4,10H,5-6H2,(H,11,12);1H. The molecular weight excluding hydrogens is 274 g/mol. The Kier molecular flexibility index (Phi) is 8.39. The number of aliphatic carboxylic acids is 1. The van der Waals surface area contributed by atoms with Gasteiger partial charge in [-0.1, -0.05) is 59.1 Å². The predicted octanol–water partition coefficient (Wildman–Crippen LogP) is 2.79. The number of rotatable bonds is 3. The minimum absolute atomic E-state index is 0.0310. The molecule has 1 rings (SSSR count). The van der Waals surface area contributed by atoms with Crippen LogP contribution in [0.3, 0.4) is 0 Å². The topological polar surface area (TPSA) is 57.5 Å². The summed E-state index contributed by atoms with van der Waals surface area (Å²) in [5.74, 6) is -0.879. The molecule has 0 saturated heterocycles. The molecule has 0 heterocycles. The highest BCUT2D eigenvalue weighted by Gasteiger charge is 2.04. The van der Waals surface area contributed by atoms with Crippen molar-refractivity contribution in [3.63, 3.8) is 0 Å². The molecule has 0 unspecified atom stereocenters. The van der Waals surface area contributed by atoms with Gasteiger partial charge in [0.1, 0.15) is 0 Å². The zero-order valence-electron chi connectivity index (χ0n) is 8.24. The van der Waals surface area contributed by atoms with Crippen LogP contribution < -0.4 is 0 Å². The number of carboxylic acid groups (broad SMARTS) is 1. The molecule has 0 atom stereocenters. The lowest BCUT2D eigenvalue weighted by molar-refractivity contribution is -0.136. The SMILES string of the molecule is ClC(Cl)Cl.O=C(O)Cc1ccccc1CO. The van der Waals surface area contributed by atoms with E-state index in [1.807, 2.05) is 0 Å². The first kappa shape index (κ1) is 15.5. The molecule has 0 amide bonds. The first-order chi connectivity index (χ1) is 7.47. The lowest BCUT2D eigenvalue weighted by Gasteiger charge is -2.02. The van der Waals surface area contributed by atoms with Gasteiger partial charge in [-0.2, -0.15) is 0 Å². The molecule has 0 aliphatic heterocycles. The molecule has 0 spiro atoms. The second-order valence-electron chi connectivity index (χ2n) is 2.74. The fourth-order valence-electron chi connectivity index (χ4n) is 1.05. The van der Waals surface area contributed by atoms with E-state index in [1.165, 1.54) is 0 Å². The maximum atomic E-state index is 10.4. The molecule has 0 saturated carbocycles. The fraction of sp³-hybridized carbons (Fsp3) is 0.300. The lowest BCUT2D eigenvalue weighted by Crippen LogP contribution is -2.03. The van der Waals surface area contributed by atoms with Crippen LogP contribution in [0.2, 0.25) is 0 Å². The zero-order valence-corrected chi connectivity index (χ0v) is 10.5. The average molecular weight is 286 g/mol. The van der Waals surface area contributed by atoms with Crippen molar-refractivity contribution in [1.29, 1.82) is 0 Å². The van der Waals surface area contributed by atoms with E-state index in [0.717, 1.165) is 0 Å². The van der Waals surface area contributed by atoms with Crippen molar-refractivity contribution in [1.82, 2.24) is 0 Å². The normalized spacial score (nSPS) is 9.56. The van der Waals surface area contributed by atoms with E-state index in [1.54, 1.807) is 24.3 Å². The van der Waals surface area contributed by atoms with Crippen molar-refractivity contribution in [3.8, 4) is 0 Å². The van der Waals surface area contributed by atoms with Gasteiger partial charge in [0.15, 0.2) is 4.30 Å². The van der Waals surface area contributed by atoms with E-state index >= 15 is 0 Å². The average Bonchev–Trinajstić information content (AvgIpc) is 2.17. The van der Waals surface area contributed by atoms with Crippen LogP contribution >= 0.6 is 34.8 Å². The first-order valence-electron chi connectivity index (χ1n) is 4.29. The molecule has 2 N–H and O–H groups in total. The van der Waals surface area contributed by atoms with Crippen LogP contribution in [0, 0.1) is 0 Å². The number of aliphatic hydroxyl groups is 1. The van der Waals surface area contributed by atoms with Gasteiger partial charge in [0, 0.05) is 0 Å². The third-order valence-electron chi connectivity index (χ3n) is 1.63. The summed E-state index contributed by atoms with van der Waals surface area (Å²) >= 11 is 14.4. The van der Waals surface area contributed by atoms with Crippen molar-refractivity contribution in [2.75, 3.05) is 0 Å². The van der Waals surface area contributed by atoms with Gasteiger partial charge >= 0.3 is 5.97 Å². The number of halogens is 3. The number of carboxylic acids is 1. The minimum Gasteiger partial charge on any atom is -0.481 e. The van der Waals surface area contributed by atoms with Crippen LogP contribution in [0.1, 0.15) is 11.1 Å². The number of alkyl halides is 3. The number of aliphatic hydroxyl groups excluding tert-OH is 1. The van der Waals surface area contributed by atoms with Gasteiger partial charge in [-0.3, -0.25) is 4.79 Å². The third kappa shape index (κ3) is 7.77. The summed E-state index contributed by atoms with van der Waals surface area (Å²) in [5.41, 5.74) is 1.35. The van der Waals surface area contributed by atoms with E-state index in [9.17, 15) is 4.79 Å². The number of benzene rings is 1. The van der Waals surface area contributed by atoms with Crippen LogP contribution in [0.4, 0.5) is 0 Å². The third-order valence-corrected chi connectivity index (χ3v) is 1.63. The zero-order chi connectivity index (χ0) is 12.6. The van der Waals surface area contributed by atoms with E-state index in [-0.39, 0.29) is 13.0 Å². The summed E-state index contributed by atoms with van der Waals surface area (Å²) in [6.07, 6.45) is -0.0310. The van der Waals surface area contributed by atoms with Crippen molar-refractivity contribution in [2.24, 2.45) is 0 Å². The van der Waals surface area contributed by atoms with Crippen molar-refractivity contribution in [3.05, 3.63) is 35.4 Å². The first-order valence-corrected chi connectivity index (χ1v) is 5.60. The van der Waals surface area contributed by atoms with Crippen LogP contribution in [0.25, 0.3) is 0 Å². The van der Waals surface area contributed by atoms with Gasteiger partial charge < -0.3 is 10.2 Å². The molecule has 1 aromatic carbocycles. The van der Waals surface area contributed by atoms with Gasteiger partial charge in [0.05, 0.1) is 13.0 Å². The Morgan fingerprint density at radius 1 is 1.19 bits per heavy atom. The molecule has 1 aromatic rings. The molecule has 0 fully saturated rings. The fourth-order valence-corrected chi connectivity index (χ4v) is 1.05. The van der Waals surface area contributed by atoms with E-state index < -0.39 is 10.3 Å². The number of carbonyl (C=O) groups is 1. The van der Waals surface area contributed by atoms with Crippen LogP contribution in [-0.4, -0.2) is 20.5 Å². The highest BCUT2D eigenvalue weighted by molar-refractivity contribution is 6.63. The second kappa shape index (κ2) is 8.65. The Balaban J connectivity index is 0.000000487. The van der Waals surface area contributed by atoms with Gasteiger partial charge in [0.2, 0.25) is 0 Å². The number of hydrogen-bond donors (Lipinski definition) is 2. The van der Waals surface area contributed by atoms with E-state index in [0.29, 0.717) is 11.1 Å². The lowest BCUT2D eigenvalue weighted by atomic mass is 10.1. The van der Waals surface area contributed by atoms with E-state index in [4.69, 9.17) is 45.0 Å². The molecule has 0 aliphatic rings. The summed E-state index contributed by atoms with van der Waals surface area (Å²) in [4.78, 5) is 10.4. The van der Waals surface area contributed by atoms with Crippen molar-refractivity contribution < 1.29 is 15.0 Å². The maximum absolute atomic E-state index is 10.4. The van der Waals surface area contributed by atoms with Crippen LogP contribution in [0.15, 0.2) is 24.3 Å². The Morgan fingerprint density at radius 3 is 2.00 bits per heavy atom. The summed E-state index contributed by atoms with van der Waals surface area (Å²) in [7, 11) is 0. The summed E-state index contributed by atoms with van der Waals surface area (Å²) in [6.45, 7) is -0.108. The summed E-state index contributed by atoms with van der Waals surface area (Å²) < 4.78 is -0.750. The molecular formula is C10H11Cl3O3. The van der Waals surface area contributed by atoms with Gasteiger partial charge in [0.25, 0.3) is 0 Å². The molecule has 0 aromatic heterocycles. The second-order valence-corrected chi connectivity index (χ2v) is 4.72. The Hall–Kier alpha value is -0.480. The van der Waals surface area contributed by atoms with Gasteiger partial charge in [-0.05, 0) is 11.1 Å².